The minimum atomic E-state index is -0.221. The first-order valence-electron chi connectivity index (χ1n) is 8.99. The largest absolute Gasteiger partial charge is 0.469 e. The summed E-state index contributed by atoms with van der Waals surface area (Å²) in [6, 6.07) is 0.461. The van der Waals surface area contributed by atoms with Crippen LogP contribution in [0.15, 0.2) is 4.99 Å². The van der Waals surface area contributed by atoms with E-state index in [4.69, 9.17) is 4.74 Å². The second-order valence-electron chi connectivity index (χ2n) is 6.00. The Labute approximate surface area is 169 Å². The van der Waals surface area contributed by atoms with Crippen molar-refractivity contribution in [1.29, 1.82) is 0 Å². The van der Waals surface area contributed by atoms with Gasteiger partial charge in [0.1, 0.15) is 0 Å². The van der Waals surface area contributed by atoms with Crippen LogP contribution in [-0.2, 0) is 14.3 Å². The first-order valence-corrected chi connectivity index (χ1v) is 8.99. The molecule has 1 fully saturated rings. The summed E-state index contributed by atoms with van der Waals surface area (Å²) in [6.45, 7) is 9.44. The van der Waals surface area contributed by atoms with Crippen molar-refractivity contribution in [2.45, 2.75) is 39.2 Å². The van der Waals surface area contributed by atoms with E-state index in [-0.39, 0.29) is 29.9 Å². The first-order chi connectivity index (χ1) is 11.7. The molecule has 1 aliphatic rings. The number of rotatable bonds is 9. The van der Waals surface area contributed by atoms with Crippen LogP contribution < -0.4 is 10.6 Å². The number of aliphatic imine (C=N–C) groups is 1. The van der Waals surface area contributed by atoms with Crippen LogP contribution in [0.5, 0.6) is 0 Å². The first kappa shape index (κ1) is 24.4. The van der Waals surface area contributed by atoms with Gasteiger partial charge in [-0.25, -0.2) is 0 Å². The number of carbonyl (C=O) groups excluding carboxylic acids is 1. The third kappa shape index (κ3) is 9.05. The SMILES string of the molecule is CCC(CC)C(CNC(=NC)NCCC(=O)OC)N1CCOCC1.I. The van der Waals surface area contributed by atoms with Gasteiger partial charge < -0.3 is 20.1 Å². The molecule has 1 unspecified atom stereocenters. The van der Waals surface area contributed by atoms with Crippen LogP contribution in [0.25, 0.3) is 0 Å². The molecule has 0 aromatic carbocycles. The van der Waals surface area contributed by atoms with E-state index < -0.39 is 0 Å². The summed E-state index contributed by atoms with van der Waals surface area (Å²) in [5.41, 5.74) is 0. The van der Waals surface area contributed by atoms with Gasteiger partial charge in [0.2, 0.25) is 0 Å². The molecule has 0 spiro atoms. The van der Waals surface area contributed by atoms with Crippen molar-refractivity contribution in [2.75, 3.05) is 53.6 Å². The molecule has 7 nitrogen and oxygen atoms in total. The number of ether oxygens (including phenoxy) is 2. The molecule has 25 heavy (non-hydrogen) atoms. The lowest BCUT2D eigenvalue weighted by atomic mass is 9.92. The van der Waals surface area contributed by atoms with E-state index >= 15 is 0 Å². The van der Waals surface area contributed by atoms with E-state index in [1.165, 1.54) is 7.11 Å². The Bertz CT molecular complexity index is 386. The van der Waals surface area contributed by atoms with Crippen LogP contribution in [0.2, 0.25) is 0 Å². The molecule has 0 aromatic heterocycles. The molecule has 1 rings (SSSR count). The molecule has 0 saturated carbocycles. The van der Waals surface area contributed by atoms with E-state index in [2.05, 4.69) is 39.1 Å². The maximum atomic E-state index is 11.2. The molecule has 0 aliphatic carbocycles. The molecule has 148 valence electrons. The van der Waals surface area contributed by atoms with E-state index in [0.717, 1.165) is 51.6 Å². The van der Waals surface area contributed by atoms with Gasteiger partial charge in [0.05, 0.1) is 26.7 Å². The predicted octanol–water partition coefficient (Wildman–Crippen LogP) is 1.47. The molecule has 1 atom stereocenters. The minimum Gasteiger partial charge on any atom is -0.469 e. The van der Waals surface area contributed by atoms with Crippen molar-refractivity contribution >= 4 is 35.9 Å². The molecular weight excluding hydrogens is 435 g/mol. The highest BCUT2D eigenvalue weighted by Gasteiger charge is 2.26. The monoisotopic (exact) mass is 470 g/mol. The molecule has 2 N–H and O–H groups in total. The summed E-state index contributed by atoms with van der Waals surface area (Å²) < 4.78 is 10.1. The molecule has 1 saturated heterocycles. The number of methoxy groups -OCH3 is 1. The topological polar surface area (TPSA) is 75.2 Å². The van der Waals surface area contributed by atoms with E-state index in [0.29, 0.717) is 24.9 Å². The van der Waals surface area contributed by atoms with Gasteiger partial charge in [-0.3, -0.25) is 14.7 Å². The zero-order valence-electron chi connectivity index (χ0n) is 16.0. The van der Waals surface area contributed by atoms with Gasteiger partial charge in [0.25, 0.3) is 0 Å². The molecular formula is C17H35IN4O3. The minimum absolute atomic E-state index is 0. The number of halogens is 1. The van der Waals surface area contributed by atoms with Gasteiger partial charge in [-0.2, -0.15) is 0 Å². The average molecular weight is 470 g/mol. The van der Waals surface area contributed by atoms with E-state index in [9.17, 15) is 4.79 Å². The second-order valence-corrected chi connectivity index (χ2v) is 6.00. The highest BCUT2D eigenvalue weighted by molar-refractivity contribution is 14.0. The smallest absolute Gasteiger partial charge is 0.307 e. The summed E-state index contributed by atoms with van der Waals surface area (Å²) >= 11 is 0. The highest BCUT2D eigenvalue weighted by Crippen LogP contribution is 2.19. The van der Waals surface area contributed by atoms with Crippen LogP contribution >= 0.6 is 24.0 Å². The number of nitrogens with one attached hydrogen (secondary N) is 2. The third-order valence-corrected chi connectivity index (χ3v) is 4.66. The number of guanidine groups is 1. The molecule has 0 aromatic rings. The van der Waals surface area contributed by atoms with Crippen molar-refractivity contribution in [2.24, 2.45) is 10.9 Å². The van der Waals surface area contributed by atoms with Crippen LogP contribution in [0.1, 0.15) is 33.1 Å². The molecule has 0 amide bonds. The number of morpholine rings is 1. The van der Waals surface area contributed by atoms with E-state index in [1.807, 2.05) is 0 Å². The summed E-state index contributed by atoms with van der Waals surface area (Å²) in [5.74, 6) is 1.15. The van der Waals surface area contributed by atoms with Gasteiger partial charge >= 0.3 is 5.97 Å². The molecule has 0 bridgehead atoms. The van der Waals surface area contributed by atoms with Gasteiger partial charge in [-0.05, 0) is 5.92 Å². The summed E-state index contributed by atoms with van der Waals surface area (Å²) in [4.78, 5) is 17.9. The van der Waals surface area contributed by atoms with Crippen molar-refractivity contribution in [1.82, 2.24) is 15.5 Å². The van der Waals surface area contributed by atoms with Gasteiger partial charge in [-0.15, -0.1) is 24.0 Å². The van der Waals surface area contributed by atoms with Crippen LogP contribution in [0, 0.1) is 5.92 Å². The van der Waals surface area contributed by atoms with Gasteiger partial charge in [-0.1, -0.05) is 26.7 Å². The normalized spacial score (nSPS) is 16.9. The zero-order chi connectivity index (χ0) is 17.8. The van der Waals surface area contributed by atoms with Crippen molar-refractivity contribution in [3.63, 3.8) is 0 Å². The fourth-order valence-corrected chi connectivity index (χ4v) is 3.14. The quantitative estimate of drug-likeness (QED) is 0.230. The average Bonchev–Trinajstić information content (AvgIpc) is 2.63. The number of nitrogens with zero attached hydrogens (tertiary/aromatic N) is 2. The number of esters is 1. The van der Waals surface area contributed by atoms with Crippen molar-refractivity contribution in [3.05, 3.63) is 0 Å². The Balaban J connectivity index is 0.00000576. The Morgan fingerprint density at radius 1 is 1.24 bits per heavy atom. The molecule has 1 aliphatic heterocycles. The summed E-state index contributed by atoms with van der Waals surface area (Å²) in [5, 5.41) is 6.57. The standard InChI is InChI=1S/C17H34N4O3.HI/c1-5-14(6-2)15(21-9-11-24-12-10-21)13-20-17(18-3)19-8-7-16(22)23-4;/h14-15H,5-13H2,1-4H3,(H2,18,19,20);1H. The third-order valence-electron chi connectivity index (χ3n) is 4.66. The molecule has 0 radical (unpaired) electrons. The second kappa shape index (κ2) is 14.5. The fraction of sp³-hybridized carbons (Fsp3) is 0.882. The predicted molar refractivity (Wildman–Crippen MR) is 112 cm³/mol. The van der Waals surface area contributed by atoms with Crippen LogP contribution in [0.3, 0.4) is 0 Å². The number of carbonyl (C=O) groups is 1. The van der Waals surface area contributed by atoms with Gasteiger partial charge in [0, 0.05) is 39.3 Å². The van der Waals surface area contributed by atoms with Gasteiger partial charge in [0.15, 0.2) is 5.96 Å². The Kier molecular flexibility index (Phi) is 14.2. The Morgan fingerprint density at radius 2 is 1.88 bits per heavy atom. The lowest BCUT2D eigenvalue weighted by Crippen LogP contribution is -2.53. The maximum absolute atomic E-state index is 11.2. The molecule has 8 heteroatoms. The maximum Gasteiger partial charge on any atom is 0.307 e. The lowest BCUT2D eigenvalue weighted by Gasteiger charge is -2.39. The summed E-state index contributed by atoms with van der Waals surface area (Å²) in [6.07, 6.45) is 2.65. The Morgan fingerprint density at radius 3 is 2.40 bits per heavy atom. The zero-order valence-corrected chi connectivity index (χ0v) is 18.4. The fourth-order valence-electron chi connectivity index (χ4n) is 3.14. The van der Waals surface area contributed by atoms with Crippen LogP contribution in [0.4, 0.5) is 0 Å². The van der Waals surface area contributed by atoms with Crippen LogP contribution in [-0.4, -0.2) is 76.4 Å². The summed E-state index contributed by atoms with van der Waals surface area (Å²) in [7, 11) is 3.15. The van der Waals surface area contributed by atoms with E-state index in [1.54, 1.807) is 7.05 Å². The number of hydrogen-bond donors (Lipinski definition) is 2. The van der Waals surface area contributed by atoms with Crippen molar-refractivity contribution in [3.8, 4) is 0 Å². The molecule has 1 heterocycles. The number of hydrogen-bond acceptors (Lipinski definition) is 5. The van der Waals surface area contributed by atoms with Crippen molar-refractivity contribution < 1.29 is 14.3 Å². The highest BCUT2D eigenvalue weighted by atomic mass is 127. The lowest BCUT2D eigenvalue weighted by molar-refractivity contribution is -0.140. The Hall–Kier alpha value is -0.610.